The predicted octanol–water partition coefficient (Wildman–Crippen LogP) is 3.23. The van der Waals surface area contributed by atoms with E-state index < -0.39 is 9.96 Å². The zero-order valence-electron chi connectivity index (χ0n) is 13.8. The van der Waals surface area contributed by atoms with E-state index >= 15 is 0 Å². The van der Waals surface area contributed by atoms with Crippen LogP contribution in [0, 0.1) is 0 Å². The van der Waals surface area contributed by atoms with Crippen LogP contribution in [-0.4, -0.2) is 53.2 Å². The van der Waals surface area contributed by atoms with Crippen LogP contribution in [-0.2, 0) is 4.74 Å². The molecule has 8 heteroatoms. The molecule has 0 spiro atoms. The molecule has 0 radical (unpaired) electrons. The third-order valence-electron chi connectivity index (χ3n) is 3.74. The van der Waals surface area contributed by atoms with Crippen molar-refractivity contribution in [1.29, 1.82) is 0 Å². The first-order chi connectivity index (χ1) is 11.2. The lowest BCUT2D eigenvalue weighted by molar-refractivity contribution is -0.0826. The molecule has 1 aliphatic rings. The van der Waals surface area contributed by atoms with Crippen LogP contribution < -0.4 is 10.1 Å². The monoisotopic (exact) mass is 394 g/mol. The molecule has 1 N–H and O–H groups in total. The van der Waals surface area contributed by atoms with E-state index in [-0.39, 0.29) is 18.1 Å². The average molecular weight is 396 g/mol. The van der Waals surface area contributed by atoms with Gasteiger partial charge in [0.25, 0.3) is 5.91 Å². The number of nitrogens with one attached hydrogen (secondary N) is 1. The Labute approximate surface area is 157 Å². The molecule has 0 bridgehead atoms. The molecule has 1 fully saturated rings. The van der Waals surface area contributed by atoms with Crippen molar-refractivity contribution >= 4 is 40.7 Å². The summed E-state index contributed by atoms with van der Waals surface area (Å²) in [6, 6.07) is 6.73. The molecule has 1 heterocycles. The third-order valence-corrected chi connectivity index (χ3v) is 4.36. The molecule has 3 atom stereocenters. The van der Waals surface area contributed by atoms with Crippen LogP contribution in [0.15, 0.2) is 24.3 Å². The fourth-order valence-corrected chi connectivity index (χ4v) is 3.34. The van der Waals surface area contributed by atoms with Crippen LogP contribution >= 0.6 is 34.8 Å². The van der Waals surface area contributed by atoms with Crippen LogP contribution in [0.5, 0.6) is 5.75 Å². The van der Waals surface area contributed by atoms with Crippen LogP contribution in [0.1, 0.15) is 24.2 Å². The summed E-state index contributed by atoms with van der Waals surface area (Å²) in [6.07, 6.45) is -0.783. The fraction of sp³-hybridized carbons (Fsp3) is 0.562. The van der Waals surface area contributed by atoms with E-state index in [1.165, 1.54) is 0 Å². The minimum Gasteiger partial charge on any atom is -0.497 e. The summed E-state index contributed by atoms with van der Waals surface area (Å²) < 4.78 is 9.11. The molecule has 1 aliphatic heterocycles. The molecule has 2 rings (SSSR count). The lowest BCUT2D eigenvalue weighted by Gasteiger charge is -2.42. The summed E-state index contributed by atoms with van der Waals surface area (Å²) >= 11 is 18.4. The van der Waals surface area contributed by atoms with Gasteiger partial charge >= 0.3 is 0 Å². The van der Waals surface area contributed by atoms with E-state index in [4.69, 9.17) is 44.3 Å². The minimum atomic E-state index is -1.67. The molecule has 1 saturated heterocycles. The minimum absolute atomic E-state index is 0.0125. The normalized spacial score (nSPS) is 23.6. The molecule has 0 aliphatic carbocycles. The maximum absolute atomic E-state index is 12.5. The van der Waals surface area contributed by atoms with Crippen molar-refractivity contribution in [3.05, 3.63) is 29.8 Å². The second-order valence-electron chi connectivity index (χ2n) is 5.86. The summed E-state index contributed by atoms with van der Waals surface area (Å²) in [6.45, 7) is 5.02. The lowest BCUT2D eigenvalue weighted by Crippen LogP contribution is -2.60. The second-order valence-corrected chi connectivity index (χ2v) is 8.23. The maximum Gasteiger partial charge on any atom is 0.252 e. The van der Waals surface area contributed by atoms with Crippen molar-refractivity contribution in [3.63, 3.8) is 0 Å². The standard InChI is InChI=1S/C16H21Cl3N2O3/c1-10-8-21(9-11(2)24-10)15(16(17,18)19)20-14(22)12-4-6-13(23-3)7-5-12/h4-7,10-11,15H,8-9H2,1-3H3,(H,20,22)/t10-,11-,15-/m0/s1. The van der Waals surface area contributed by atoms with E-state index in [9.17, 15) is 4.79 Å². The van der Waals surface area contributed by atoms with Crippen molar-refractivity contribution < 1.29 is 14.3 Å². The number of halogens is 3. The number of hydrogen-bond acceptors (Lipinski definition) is 4. The number of morpholine rings is 1. The number of rotatable bonds is 4. The first-order valence-electron chi connectivity index (χ1n) is 7.62. The molecule has 0 aromatic heterocycles. The highest BCUT2D eigenvalue weighted by Gasteiger charge is 2.41. The Hall–Kier alpha value is -0.720. The third kappa shape index (κ3) is 5.14. The molecule has 24 heavy (non-hydrogen) atoms. The van der Waals surface area contributed by atoms with Gasteiger partial charge in [-0.1, -0.05) is 34.8 Å². The largest absolute Gasteiger partial charge is 0.497 e. The summed E-state index contributed by atoms with van der Waals surface area (Å²) in [5.74, 6) is 0.348. The topological polar surface area (TPSA) is 50.8 Å². The Bertz CT molecular complexity index is 553. The first-order valence-corrected chi connectivity index (χ1v) is 8.75. The van der Waals surface area contributed by atoms with E-state index in [0.29, 0.717) is 24.4 Å². The van der Waals surface area contributed by atoms with Gasteiger partial charge in [0.2, 0.25) is 3.79 Å². The van der Waals surface area contributed by atoms with Gasteiger partial charge in [0.15, 0.2) is 0 Å². The Morgan fingerprint density at radius 1 is 1.25 bits per heavy atom. The summed E-state index contributed by atoms with van der Waals surface area (Å²) in [4.78, 5) is 14.4. The molecular weight excluding hydrogens is 375 g/mol. The number of amides is 1. The number of benzene rings is 1. The molecule has 5 nitrogen and oxygen atoms in total. The molecule has 1 aromatic carbocycles. The SMILES string of the molecule is COc1ccc(C(=O)N[C@@H](N2C[C@H](C)O[C@@H](C)C2)C(Cl)(Cl)Cl)cc1. The smallest absolute Gasteiger partial charge is 0.252 e. The molecule has 1 amide bonds. The number of carbonyl (C=O) groups excluding carboxylic acids is 1. The van der Waals surface area contributed by atoms with E-state index in [1.807, 2.05) is 18.7 Å². The van der Waals surface area contributed by atoms with Gasteiger partial charge in [0.05, 0.1) is 19.3 Å². The van der Waals surface area contributed by atoms with Gasteiger partial charge in [-0.25, -0.2) is 0 Å². The Balaban J connectivity index is 2.14. The number of alkyl halides is 3. The Morgan fingerprint density at radius 3 is 2.25 bits per heavy atom. The second kappa shape index (κ2) is 8.11. The lowest BCUT2D eigenvalue weighted by atomic mass is 10.2. The van der Waals surface area contributed by atoms with Crippen LogP contribution in [0.4, 0.5) is 0 Å². The molecule has 1 aromatic rings. The highest BCUT2D eigenvalue weighted by Crippen LogP contribution is 2.33. The number of hydrogen-bond donors (Lipinski definition) is 1. The maximum atomic E-state index is 12.5. The number of ether oxygens (including phenoxy) is 2. The highest BCUT2D eigenvalue weighted by atomic mass is 35.6. The van der Waals surface area contributed by atoms with Gasteiger partial charge in [-0.05, 0) is 38.1 Å². The van der Waals surface area contributed by atoms with Gasteiger partial charge in [-0.3, -0.25) is 9.69 Å². The number of nitrogens with zero attached hydrogens (tertiary/aromatic N) is 1. The van der Waals surface area contributed by atoms with Gasteiger partial charge in [0.1, 0.15) is 11.9 Å². The van der Waals surface area contributed by atoms with Gasteiger partial charge < -0.3 is 14.8 Å². The van der Waals surface area contributed by atoms with Crippen molar-refractivity contribution in [2.24, 2.45) is 0 Å². The summed E-state index contributed by atoms with van der Waals surface area (Å²) in [5, 5.41) is 2.82. The first kappa shape index (κ1) is 19.6. The zero-order chi connectivity index (χ0) is 17.9. The van der Waals surface area contributed by atoms with Gasteiger partial charge in [-0.15, -0.1) is 0 Å². The van der Waals surface area contributed by atoms with E-state index in [0.717, 1.165) is 0 Å². The number of carbonyl (C=O) groups is 1. The van der Waals surface area contributed by atoms with E-state index in [2.05, 4.69) is 5.32 Å². The van der Waals surface area contributed by atoms with Gasteiger partial charge in [0, 0.05) is 18.7 Å². The summed E-state index contributed by atoms with van der Waals surface area (Å²) in [5.41, 5.74) is 0.462. The Kier molecular flexibility index (Phi) is 6.62. The fourth-order valence-electron chi connectivity index (χ4n) is 2.76. The van der Waals surface area contributed by atoms with Crippen LogP contribution in [0.25, 0.3) is 0 Å². The molecule has 134 valence electrons. The van der Waals surface area contributed by atoms with Crippen molar-refractivity contribution in [2.45, 2.75) is 36.0 Å². The molecular formula is C16H21Cl3N2O3. The molecule has 0 saturated carbocycles. The van der Waals surface area contributed by atoms with E-state index in [1.54, 1.807) is 31.4 Å². The summed E-state index contributed by atoms with van der Waals surface area (Å²) in [7, 11) is 1.56. The van der Waals surface area contributed by atoms with Gasteiger partial charge in [-0.2, -0.15) is 0 Å². The Morgan fingerprint density at radius 2 is 1.79 bits per heavy atom. The van der Waals surface area contributed by atoms with Crippen LogP contribution in [0.3, 0.4) is 0 Å². The average Bonchev–Trinajstić information content (AvgIpc) is 2.50. The zero-order valence-corrected chi connectivity index (χ0v) is 16.0. The van der Waals surface area contributed by atoms with Crippen molar-refractivity contribution in [2.75, 3.05) is 20.2 Å². The van der Waals surface area contributed by atoms with Crippen molar-refractivity contribution in [1.82, 2.24) is 10.2 Å². The predicted molar refractivity (Wildman–Crippen MR) is 96.1 cm³/mol. The van der Waals surface area contributed by atoms with Crippen LogP contribution in [0.2, 0.25) is 0 Å². The van der Waals surface area contributed by atoms with Crippen molar-refractivity contribution in [3.8, 4) is 5.75 Å². The molecule has 0 unspecified atom stereocenters. The highest BCUT2D eigenvalue weighted by molar-refractivity contribution is 6.68. The number of methoxy groups -OCH3 is 1. The quantitative estimate of drug-likeness (QED) is 0.795.